The fraction of sp³-hybridized carbons (Fsp3) is 0.105. The van der Waals surface area contributed by atoms with Crippen LogP contribution in [0.2, 0.25) is 0 Å². The molecule has 0 aliphatic heterocycles. The number of carbonyl (C=O) groups excluding carboxylic acids is 3. The van der Waals surface area contributed by atoms with Gasteiger partial charge in [-0.05, 0) is 23.8 Å². The minimum absolute atomic E-state index is 0.0775. The molecule has 0 heterocycles. The third kappa shape index (κ3) is 2.59. The number of allylic oxidation sites excluding steroid dienone is 1. The lowest BCUT2D eigenvalue weighted by Crippen LogP contribution is -2.29. The zero-order valence-corrected chi connectivity index (χ0v) is 12.9. The molecular formula is C19H15NO3. The molecule has 3 rings (SSSR count). The number of benzene rings is 2. The van der Waals surface area contributed by atoms with Crippen LogP contribution in [0.3, 0.4) is 0 Å². The molecule has 23 heavy (non-hydrogen) atoms. The Morgan fingerprint density at radius 2 is 1.30 bits per heavy atom. The summed E-state index contributed by atoms with van der Waals surface area (Å²) in [4.78, 5) is 38.8. The van der Waals surface area contributed by atoms with Crippen LogP contribution in [0.15, 0.2) is 54.1 Å². The number of anilines is 1. The average molecular weight is 305 g/mol. The molecule has 0 fully saturated rings. The zero-order valence-electron chi connectivity index (χ0n) is 12.9. The van der Waals surface area contributed by atoms with Crippen LogP contribution in [0.25, 0.3) is 6.08 Å². The number of hydrogen-bond acceptors (Lipinski definition) is 4. The van der Waals surface area contributed by atoms with Gasteiger partial charge in [0.2, 0.25) is 11.6 Å². The first-order valence-corrected chi connectivity index (χ1v) is 7.21. The summed E-state index contributed by atoms with van der Waals surface area (Å²) in [7, 11) is 3.86. The molecule has 0 radical (unpaired) electrons. The Hall–Kier alpha value is -3.01. The highest BCUT2D eigenvalue weighted by atomic mass is 16.2. The molecule has 0 spiro atoms. The summed E-state index contributed by atoms with van der Waals surface area (Å²) in [6.45, 7) is 0. The second-order valence-corrected chi connectivity index (χ2v) is 5.58. The Morgan fingerprint density at radius 3 is 1.87 bits per heavy atom. The van der Waals surface area contributed by atoms with Gasteiger partial charge in [-0.15, -0.1) is 0 Å². The summed E-state index contributed by atoms with van der Waals surface area (Å²) in [5.74, 6) is -1.77. The fourth-order valence-electron chi connectivity index (χ4n) is 2.54. The fourth-order valence-corrected chi connectivity index (χ4v) is 2.54. The first kappa shape index (κ1) is 14.9. The van der Waals surface area contributed by atoms with Crippen LogP contribution in [-0.4, -0.2) is 31.4 Å². The normalized spacial score (nSPS) is 15.7. The topological polar surface area (TPSA) is 54.5 Å². The summed E-state index contributed by atoms with van der Waals surface area (Å²) in [6, 6.07) is 13.8. The Kier molecular flexibility index (Phi) is 3.66. The van der Waals surface area contributed by atoms with Gasteiger partial charge in [-0.3, -0.25) is 14.4 Å². The molecule has 4 nitrogen and oxygen atoms in total. The molecule has 0 saturated carbocycles. The second-order valence-electron chi connectivity index (χ2n) is 5.58. The summed E-state index contributed by atoms with van der Waals surface area (Å²) >= 11 is 0. The zero-order chi connectivity index (χ0) is 16.6. The highest BCUT2D eigenvalue weighted by Crippen LogP contribution is 2.25. The van der Waals surface area contributed by atoms with Crippen molar-refractivity contribution >= 4 is 29.1 Å². The van der Waals surface area contributed by atoms with E-state index in [4.69, 9.17) is 0 Å². The Labute approximate surface area is 134 Å². The summed E-state index contributed by atoms with van der Waals surface area (Å²) < 4.78 is 0. The molecular weight excluding hydrogens is 290 g/mol. The number of fused-ring (bicyclic) bond motifs is 1. The molecule has 4 heteroatoms. The van der Waals surface area contributed by atoms with Gasteiger partial charge in [-0.2, -0.15) is 0 Å². The van der Waals surface area contributed by atoms with Crippen molar-refractivity contribution in [3.8, 4) is 0 Å². The predicted molar refractivity (Wildman–Crippen MR) is 88.9 cm³/mol. The number of Topliss-reactive ketones (excluding diaryl/α,β-unsaturated/α-hetero) is 3. The van der Waals surface area contributed by atoms with E-state index < -0.39 is 17.3 Å². The number of carbonyl (C=O) groups is 3. The van der Waals surface area contributed by atoms with Gasteiger partial charge in [0.25, 0.3) is 0 Å². The smallest absolute Gasteiger partial charge is 0.237 e. The molecule has 0 amide bonds. The Morgan fingerprint density at radius 1 is 0.739 bits per heavy atom. The summed E-state index contributed by atoms with van der Waals surface area (Å²) in [6.07, 6.45) is 1.48. The predicted octanol–water partition coefficient (Wildman–Crippen LogP) is 2.78. The van der Waals surface area contributed by atoms with Crippen molar-refractivity contribution in [2.75, 3.05) is 19.0 Å². The van der Waals surface area contributed by atoms with Crippen molar-refractivity contribution in [2.24, 2.45) is 0 Å². The van der Waals surface area contributed by atoms with Gasteiger partial charge in [0.05, 0.1) is 5.57 Å². The molecule has 114 valence electrons. The van der Waals surface area contributed by atoms with Crippen LogP contribution in [-0.2, 0) is 4.79 Å². The van der Waals surface area contributed by atoms with Crippen LogP contribution in [0, 0.1) is 0 Å². The van der Waals surface area contributed by atoms with E-state index in [1.807, 2.05) is 43.3 Å². The molecule has 0 atom stereocenters. The molecule has 1 aliphatic rings. The molecule has 0 aromatic heterocycles. The van der Waals surface area contributed by atoms with Gasteiger partial charge in [0.1, 0.15) is 0 Å². The monoisotopic (exact) mass is 305 g/mol. The lowest BCUT2D eigenvalue weighted by atomic mass is 9.84. The van der Waals surface area contributed by atoms with E-state index >= 15 is 0 Å². The second kappa shape index (κ2) is 5.65. The van der Waals surface area contributed by atoms with E-state index in [9.17, 15) is 14.4 Å². The third-order valence-corrected chi connectivity index (χ3v) is 3.83. The maximum atomic E-state index is 12.5. The molecule has 0 N–H and O–H groups in total. The SMILES string of the molecule is CN(C)c1ccc(C=C2C(=O)C(=O)c3ccccc3C2=O)cc1. The first-order valence-electron chi connectivity index (χ1n) is 7.21. The van der Waals surface area contributed by atoms with Crippen molar-refractivity contribution in [3.63, 3.8) is 0 Å². The van der Waals surface area contributed by atoms with Crippen molar-refractivity contribution in [2.45, 2.75) is 0 Å². The number of hydrogen-bond donors (Lipinski definition) is 0. The van der Waals surface area contributed by atoms with E-state index in [1.165, 1.54) is 12.1 Å². The highest BCUT2D eigenvalue weighted by Gasteiger charge is 2.35. The van der Waals surface area contributed by atoms with Crippen LogP contribution < -0.4 is 4.90 Å². The Bertz CT molecular complexity index is 845. The lowest BCUT2D eigenvalue weighted by Gasteiger charge is -2.15. The maximum Gasteiger partial charge on any atom is 0.237 e. The van der Waals surface area contributed by atoms with Gasteiger partial charge in [0, 0.05) is 30.9 Å². The van der Waals surface area contributed by atoms with Crippen molar-refractivity contribution < 1.29 is 14.4 Å². The van der Waals surface area contributed by atoms with Gasteiger partial charge < -0.3 is 4.90 Å². The minimum atomic E-state index is -0.745. The van der Waals surface area contributed by atoms with E-state index in [-0.39, 0.29) is 16.7 Å². The number of rotatable bonds is 2. The van der Waals surface area contributed by atoms with E-state index in [0.29, 0.717) is 5.56 Å². The molecule has 0 saturated heterocycles. The molecule has 0 bridgehead atoms. The number of ketones is 3. The van der Waals surface area contributed by atoms with Gasteiger partial charge in [-0.25, -0.2) is 0 Å². The standard InChI is InChI=1S/C19H15NO3/c1-20(2)13-9-7-12(8-10-13)11-16-17(21)14-5-3-4-6-15(14)18(22)19(16)23/h3-11H,1-2H3. The molecule has 0 unspecified atom stereocenters. The van der Waals surface area contributed by atoms with E-state index in [2.05, 4.69) is 0 Å². The van der Waals surface area contributed by atoms with Crippen LogP contribution >= 0.6 is 0 Å². The molecule has 2 aromatic rings. The van der Waals surface area contributed by atoms with Gasteiger partial charge >= 0.3 is 0 Å². The van der Waals surface area contributed by atoms with E-state index in [1.54, 1.807) is 18.2 Å². The number of nitrogens with zero attached hydrogens (tertiary/aromatic N) is 1. The van der Waals surface area contributed by atoms with Gasteiger partial charge in [-0.1, -0.05) is 36.4 Å². The van der Waals surface area contributed by atoms with Crippen molar-refractivity contribution in [3.05, 3.63) is 70.8 Å². The highest BCUT2D eigenvalue weighted by molar-refractivity contribution is 6.60. The van der Waals surface area contributed by atoms with E-state index in [0.717, 1.165) is 5.69 Å². The van der Waals surface area contributed by atoms with Crippen molar-refractivity contribution in [1.29, 1.82) is 0 Å². The molecule has 2 aromatic carbocycles. The van der Waals surface area contributed by atoms with Crippen LogP contribution in [0.4, 0.5) is 5.69 Å². The van der Waals surface area contributed by atoms with Crippen molar-refractivity contribution in [1.82, 2.24) is 0 Å². The minimum Gasteiger partial charge on any atom is -0.378 e. The summed E-state index contributed by atoms with van der Waals surface area (Å²) in [5.41, 5.74) is 2.11. The summed E-state index contributed by atoms with van der Waals surface area (Å²) in [5, 5.41) is 0. The van der Waals surface area contributed by atoms with Crippen LogP contribution in [0.1, 0.15) is 26.3 Å². The molecule has 1 aliphatic carbocycles. The third-order valence-electron chi connectivity index (χ3n) is 3.83. The van der Waals surface area contributed by atoms with Gasteiger partial charge in [0.15, 0.2) is 5.78 Å². The Balaban J connectivity index is 2.04. The first-order chi connectivity index (χ1) is 11.0. The quantitative estimate of drug-likeness (QED) is 0.486. The lowest BCUT2D eigenvalue weighted by molar-refractivity contribution is -0.111. The maximum absolute atomic E-state index is 12.5. The largest absolute Gasteiger partial charge is 0.378 e. The average Bonchev–Trinajstić information content (AvgIpc) is 2.57. The van der Waals surface area contributed by atoms with Crippen LogP contribution in [0.5, 0.6) is 0 Å².